The second-order valence-corrected chi connectivity index (χ2v) is 3.99. The van der Waals surface area contributed by atoms with Gasteiger partial charge in [0.1, 0.15) is 6.17 Å². The number of rotatable bonds is 5. The molecule has 0 amide bonds. The highest BCUT2D eigenvalue weighted by atomic mass is 19.1. The van der Waals surface area contributed by atoms with Gasteiger partial charge >= 0.3 is 5.97 Å². The Hall–Kier alpha value is -1.42. The minimum atomic E-state index is -1.04. The summed E-state index contributed by atoms with van der Waals surface area (Å²) in [5.41, 5.74) is 0.718. The second-order valence-electron chi connectivity index (χ2n) is 3.99. The fraction of sp³-hybridized carbons (Fsp3) is 0.417. The normalized spacial score (nSPS) is 12.8. The zero-order valence-electron chi connectivity index (χ0n) is 9.48. The predicted octanol–water partition coefficient (Wildman–Crippen LogP) is 2.35. The Kier molecular flexibility index (Phi) is 4.43. The Bertz CT molecular complexity index is 349. The summed E-state index contributed by atoms with van der Waals surface area (Å²) in [6, 6.07) is 5.92. The van der Waals surface area contributed by atoms with Crippen LogP contribution in [-0.4, -0.2) is 36.6 Å². The van der Waals surface area contributed by atoms with E-state index in [-0.39, 0.29) is 5.56 Å². The summed E-state index contributed by atoms with van der Waals surface area (Å²) in [6.45, 7) is 0.669. The third-order valence-corrected chi connectivity index (χ3v) is 2.35. The van der Waals surface area contributed by atoms with Crippen LogP contribution in [0.15, 0.2) is 24.3 Å². The van der Waals surface area contributed by atoms with Crippen molar-refractivity contribution < 1.29 is 14.3 Å². The summed E-state index contributed by atoms with van der Waals surface area (Å²) in [5.74, 6) is -0.991. The first-order chi connectivity index (χ1) is 7.50. The molecular formula is C12H16FNO2. The quantitative estimate of drug-likeness (QED) is 0.836. The number of carboxylic acids is 1. The van der Waals surface area contributed by atoms with Gasteiger partial charge < -0.3 is 10.0 Å². The van der Waals surface area contributed by atoms with E-state index in [1.54, 1.807) is 0 Å². The van der Waals surface area contributed by atoms with Crippen LogP contribution in [0.4, 0.5) is 4.39 Å². The molecule has 0 aliphatic carbocycles. The maximum atomic E-state index is 13.7. The van der Waals surface area contributed by atoms with Crippen LogP contribution in [0.1, 0.15) is 28.5 Å². The lowest BCUT2D eigenvalue weighted by atomic mass is 10.1. The van der Waals surface area contributed by atoms with E-state index in [4.69, 9.17) is 5.11 Å². The van der Waals surface area contributed by atoms with Crippen molar-refractivity contribution in [1.29, 1.82) is 0 Å². The highest BCUT2D eigenvalue weighted by molar-refractivity contribution is 5.87. The lowest BCUT2D eigenvalue weighted by molar-refractivity contribution is 0.0697. The molecule has 0 bridgehead atoms. The van der Waals surface area contributed by atoms with Gasteiger partial charge in [-0.2, -0.15) is 0 Å². The molecule has 0 aliphatic rings. The van der Waals surface area contributed by atoms with Crippen molar-refractivity contribution in [3.63, 3.8) is 0 Å². The van der Waals surface area contributed by atoms with E-state index in [1.165, 1.54) is 24.3 Å². The highest BCUT2D eigenvalue weighted by Crippen LogP contribution is 2.21. The minimum Gasteiger partial charge on any atom is -0.478 e. The van der Waals surface area contributed by atoms with Gasteiger partial charge in [0.05, 0.1) is 5.56 Å². The van der Waals surface area contributed by atoms with E-state index in [9.17, 15) is 9.18 Å². The van der Waals surface area contributed by atoms with Crippen LogP contribution in [0.2, 0.25) is 0 Å². The molecule has 16 heavy (non-hydrogen) atoms. The summed E-state index contributed by atoms with van der Waals surface area (Å²) >= 11 is 0. The molecule has 1 atom stereocenters. The molecule has 1 unspecified atom stereocenters. The van der Waals surface area contributed by atoms with E-state index >= 15 is 0 Å². The largest absolute Gasteiger partial charge is 0.478 e. The minimum absolute atomic E-state index is 0.184. The number of alkyl halides is 1. The maximum absolute atomic E-state index is 13.7. The van der Waals surface area contributed by atoms with Gasteiger partial charge in [0.2, 0.25) is 0 Å². The van der Waals surface area contributed by atoms with Crippen molar-refractivity contribution in [2.24, 2.45) is 0 Å². The number of hydrogen-bond donors (Lipinski definition) is 1. The summed E-state index contributed by atoms with van der Waals surface area (Å²) in [6.07, 6.45) is -0.621. The lowest BCUT2D eigenvalue weighted by Crippen LogP contribution is -2.14. The number of carbonyl (C=O) groups is 1. The molecule has 1 aromatic rings. The number of benzene rings is 1. The molecule has 88 valence electrons. The summed E-state index contributed by atoms with van der Waals surface area (Å²) < 4.78 is 13.7. The molecular weight excluding hydrogens is 209 g/mol. The first-order valence-corrected chi connectivity index (χ1v) is 5.12. The Morgan fingerprint density at radius 2 is 1.94 bits per heavy atom. The maximum Gasteiger partial charge on any atom is 0.335 e. The van der Waals surface area contributed by atoms with Crippen LogP contribution in [0.25, 0.3) is 0 Å². The predicted molar refractivity (Wildman–Crippen MR) is 60.4 cm³/mol. The Morgan fingerprint density at radius 1 is 1.38 bits per heavy atom. The van der Waals surface area contributed by atoms with E-state index in [2.05, 4.69) is 0 Å². The fourth-order valence-electron chi connectivity index (χ4n) is 1.37. The number of halogens is 1. The van der Waals surface area contributed by atoms with Crippen molar-refractivity contribution in [2.75, 3.05) is 20.6 Å². The zero-order valence-corrected chi connectivity index (χ0v) is 9.48. The van der Waals surface area contributed by atoms with Gasteiger partial charge in [-0.05, 0) is 38.2 Å². The van der Waals surface area contributed by atoms with Gasteiger partial charge in [0.15, 0.2) is 0 Å². The van der Waals surface area contributed by atoms with Gasteiger partial charge in [0, 0.05) is 6.54 Å². The number of hydrogen-bond acceptors (Lipinski definition) is 2. The first kappa shape index (κ1) is 12.6. The molecule has 0 spiro atoms. The van der Waals surface area contributed by atoms with Gasteiger partial charge in [-0.3, -0.25) is 0 Å². The molecule has 0 aliphatic heterocycles. The standard InChI is InChI=1S/C12H16FNO2/c1-14(2)8-7-11(13)9-3-5-10(6-4-9)12(15)16/h3-6,11H,7-8H2,1-2H3,(H,15,16). The van der Waals surface area contributed by atoms with E-state index in [1.807, 2.05) is 19.0 Å². The van der Waals surface area contributed by atoms with Crippen LogP contribution >= 0.6 is 0 Å². The van der Waals surface area contributed by atoms with Crippen molar-refractivity contribution in [3.05, 3.63) is 35.4 Å². The van der Waals surface area contributed by atoms with Crippen LogP contribution in [-0.2, 0) is 0 Å². The highest BCUT2D eigenvalue weighted by Gasteiger charge is 2.11. The molecule has 0 fully saturated rings. The molecule has 0 radical (unpaired) electrons. The molecule has 1 rings (SSSR count). The molecule has 0 aromatic heterocycles. The van der Waals surface area contributed by atoms with Crippen LogP contribution in [0.5, 0.6) is 0 Å². The topological polar surface area (TPSA) is 40.5 Å². The van der Waals surface area contributed by atoms with Gasteiger partial charge in [-0.1, -0.05) is 12.1 Å². The van der Waals surface area contributed by atoms with Gasteiger partial charge in [-0.25, -0.2) is 9.18 Å². The van der Waals surface area contributed by atoms with Crippen molar-refractivity contribution >= 4 is 5.97 Å². The fourth-order valence-corrected chi connectivity index (χ4v) is 1.37. The average Bonchev–Trinajstić information content (AvgIpc) is 2.26. The second kappa shape index (κ2) is 5.61. The third-order valence-electron chi connectivity index (χ3n) is 2.35. The Balaban J connectivity index is 2.63. The number of aromatic carboxylic acids is 1. The van der Waals surface area contributed by atoms with E-state index < -0.39 is 12.1 Å². The van der Waals surface area contributed by atoms with Gasteiger partial charge in [-0.15, -0.1) is 0 Å². The smallest absolute Gasteiger partial charge is 0.335 e. The van der Waals surface area contributed by atoms with E-state index in [0.717, 1.165) is 0 Å². The van der Waals surface area contributed by atoms with Crippen molar-refractivity contribution in [3.8, 4) is 0 Å². The van der Waals surface area contributed by atoms with Crippen LogP contribution in [0, 0.1) is 0 Å². The van der Waals surface area contributed by atoms with Crippen LogP contribution < -0.4 is 0 Å². The Labute approximate surface area is 94.5 Å². The third kappa shape index (κ3) is 3.62. The molecule has 1 aromatic carbocycles. The van der Waals surface area contributed by atoms with E-state index in [0.29, 0.717) is 18.5 Å². The number of carboxylic acid groups (broad SMARTS) is 1. The summed E-state index contributed by atoms with van der Waals surface area (Å²) in [7, 11) is 3.78. The van der Waals surface area contributed by atoms with Crippen molar-refractivity contribution in [2.45, 2.75) is 12.6 Å². The zero-order chi connectivity index (χ0) is 12.1. The summed E-state index contributed by atoms with van der Waals surface area (Å²) in [5, 5.41) is 8.69. The molecule has 4 heteroatoms. The molecule has 3 nitrogen and oxygen atoms in total. The van der Waals surface area contributed by atoms with Gasteiger partial charge in [0.25, 0.3) is 0 Å². The molecule has 0 heterocycles. The Morgan fingerprint density at radius 3 is 2.38 bits per heavy atom. The van der Waals surface area contributed by atoms with Crippen molar-refractivity contribution in [1.82, 2.24) is 4.90 Å². The summed E-state index contributed by atoms with van der Waals surface area (Å²) in [4.78, 5) is 12.5. The lowest BCUT2D eigenvalue weighted by Gasteiger charge is -2.12. The monoisotopic (exact) mass is 225 g/mol. The first-order valence-electron chi connectivity index (χ1n) is 5.12. The number of nitrogens with zero attached hydrogens (tertiary/aromatic N) is 1. The molecule has 1 N–H and O–H groups in total. The van der Waals surface area contributed by atoms with Crippen LogP contribution in [0.3, 0.4) is 0 Å². The molecule has 0 saturated carbocycles. The SMILES string of the molecule is CN(C)CCC(F)c1ccc(C(=O)O)cc1. The average molecular weight is 225 g/mol. The molecule has 0 saturated heterocycles.